The van der Waals surface area contributed by atoms with E-state index in [-0.39, 0.29) is 5.56 Å². The Morgan fingerprint density at radius 3 is 2.75 bits per heavy atom. The van der Waals surface area contributed by atoms with Gasteiger partial charge in [-0.15, -0.1) is 11.3 Å². The van der Waals surface area contributed by atoms with Crippen LogP contribution < -0.4 is 10.9 Å². The van der Waals surface area contributed by atoms with Crippen molar-refractivity contribution in [2.75, 3.05) is 5.32 Å². The largest absolute Gasteiger partial charge is 0.375 e. The van der Waals surface area contributed by atoms with Gasteiger partial charge in [0.05, 0.1) is 27.8 Å². The van der Waals surface area contributed by atoms with Crippen LogP contribution in [0.25, 0.3) is 10.2 Å². The number of anilines is 1. The maximum absolute atomic E-state index is 11.8. The van der Waals surface area contributed by atoms with E-state index >= 15 is 0 Å². The average Bonchev–Trinajstić information content (AvgIpc) is 2.87. The number of thiophene rings is 1. The van der Waals surface area contributed by atoms with Gasteiger partial charge < -0.3 is 10.3 Å². The summed E-state index contributed by atoms with van der Waals surface area (Å²) in [6, 6.07) is 7.08. The number of benzene rings is 1. The van der Waals surface area contributed by atoms with Crippen LogP contribution in [0.3, 0.4) is 0 Å². The second kappa shape index (κ2) is 5.44. The Morgan fingerprint density at radius 2 is 2.00 bits per heavy atom. The molecule has 2 heterocycles. The molecule has 0 aliphatic rings. The Balaban J connectivity index is 1.88. The molecule has 4 nitrogen and oxygen atoms in total. The highest BCUT2D eigenvalue weighted by atomic mass is 35.5. The Kier molecular flexibility index (Phi) is 3.65. The number of H-pyrrole nitrogens is 1. The van der Waals surface area contributed by atoms with Gasteiger partial charge in [-0.1, -0.05) is 29.3 Å². The van der Waals surface area contributed by atoms with Gasteiger partial charge in [-0.3, -0.25) is 4.79 Å². The highest BCUT2D eigenvalue weighted by Crippen LogP contribution is 2.29. The third-order valence-corrected chi connectivity index (χ3v) is 4.29. The van der Waals surface area contributed by atoms with Gasteiger partial charge in [0.25, 0.3) is 5.56 Å². The lowest BCUT2D eigenvalue weighted by Crippen LogP contribution is -2.13. The third-order valence-electron chi connectivity index (χ3n) is 2.76. The van der Waals surface area contributed by atoms with Crippen LogP contribution in [-0.4, -0.2) is 9.97 Å². The molecule has 3 aromatic rings. The van der Waals surface area contributed by atoms with Gasteiger partial charge in [0.1, 0.15) is 10.5 Å². The first-order valence-corrected chi connectivity index (χ1v) is 7.43. The van der Waals surface area contributed by atoms with E-state index < -0.39 is 0 Å². The highest BCUT2D eigenvalue weighted by molar-refractivity contribution is 7.17. The first-order chi connectivity index (χ1) is 9.65. The molecule has 0 aliphatic heterocycles. The summed E-state index contributed by atoms with van der Waals surface area (Å²) < 4.78 is 0.629. The predicted octanol–water partition coefficient (Wildman–Crippen LogP) is 3.90. The normalized spacial score (nSPS) is 10.9. The van der Waals surface area contributed by atoms with Crippen molar-refractivity contribution in [3.8, 4) is 0 Å². The fraction of sp³-hybridized carbons (Fsp3) is 0.0769. The minimum atomic E-state index is -0.132. The number of aromatic amines is 1. The average molecular weight is 326 g/mol. The van der Waals surface area contributed by atoms with Gasteiger partial charge in [0.15, 0.2) is 0 Å². The van der Waals surface area contributed by atoms with E-state index in [4.69, 9.17) is 23.2 Å². The van der Waals surface area contributed by atoms with Crippen LogP contribution in [0.4, 0.5) is 5.69 Å². The first-order valence-electron chi connectivity index (χ1n) is 5.79. The molecule has 3 rings (SSSR count). The van der Waals surface area contributed by atoms with Crippen LogP contribution in [0, 0.1) is 0 Å². The number of nitrogens with one attached hydrogen (secondary N) is 2. The van der Waals surface area contributed by atoms with E-state index in [1.807, 2.05) is 11.4 Å². The predicted molar refractivity (Wildman–Crippen MR) is 84.0 cm³/mol. The molecule has 7 heteroatoms. The quantitative estimate of drug-likeness (QED) is 0.767. The molecule has 0 saturated heterocycles. The second-order valence-electron chi connectivity index (χ2n) is 4.10. The molecule has 102 valence electrons. The zero-order valence-corrected chi connectivity index (χ0v) is 12.4. The molecule has 0 amide bonds. The minimum Gasteiger partial charge on any atom is -0.375 e. The van der Waals surface area contributed by atoms with Crippen molar-refractivity contribution in [3.63, 3.8) is 0 Å². The maximum atomic E-state index is 11.8. The summed E-state index contributed by atoms with van der Waals surface area (Å²) in [5, 5.41) is 5.98. The van der Waals surface area contributed by atoms with Crippen LogP contribution in [0.2, 0.25) is 10.0 Å². The van der Waals surface area contributed by atoms with E-state index in [0.29, 0.717) is 38.3 Å². The van der Waals surface area contributed by atoms with Crippen LogP contribution in [-0.2, 0) is 6.54 Å². The Hall–Kier alpha value is -1.56. The number of hydrogen-bond donors (Lipinski definition) is 2. The summed E-state index contributed by atoms with van der Waals surface area (Å²) in [4.78, 5) is 19.0. The topological polar surface area (TPSA) is 57.8 Å². The van der Waals surface area contributed by atoms with Crippen molar-refractivity contribution in [3.05, 3.63) is 55.9 Å². The number of halogens is 2. The van der Waals surface area contributed by atoms with Crippen molar-refractivity contribution in [1.82, 2.24) is 9.97 Å². The van der Waals surface area contributed by atoms with Gasteiger partial charge in [-0.25, -0.2) is 4.98 Å². The fourth-order valence-corrected chi connectivity index (χ4v) is 3.10. The van der Waals surface area contributed by atoms with Crippen molar-refractivity contribution in [2.24, 2.45) is 0 Å². The smallest absolute Gasteiger partial charge is 0.268 e. The fourth-order valence-electron chi connectivity index (χ4n) is 1.84. The summed E-state index contributed by atoms with van der Waals surface area (Å²) in [6.45, 7) is 0.338. The number of nitrogens with zero attached hydrogens (tertiary/aromatic N) is 1. The lowest BCUT2D eigenvalue weighted by molar-refractivity contribution is 0.956. The Labute approximate surface area is 128 Å². The van der Waals surface area contributed by atoms with E-state index in [1.165, 1.54) is 11.3 Å². The van der Waals surface area contributed by atoms with Crippen LogP contribution in [0.5, 0.6) is 0 Å². The summed E-state index contributed by atoms with van der Waals surface area (Å²) in [7, 11) is 0. The van der Waals surface area contributed by atoms with Crippen LogP contribution in [0.1, 0.15) is 5.82 Å². The molecule has 0 spiro atoms. The van der Waals surface area contributed by atoms with Gasteiger partial charge >= 0.3 is 0 Å². The summed E-state index contributed by atoms with van der Waals surface area (Å²) in [5.41, 5.74) is 1.19. The van der Waals surface area contributed by atoms with E-state index in [2.05, 4.69) is 15.3 Å². The molecule has 20 heavy (non-hydrogen) atoms. The van der Waals surface area contributed by atoms with Crippen molar-refractivity contribution in [2.45, 2.75) is 6.54 Å². The molecule has 0 aliphatic carbocycles. The molecule has 0 saturated carbocycles. The number of rotatable bonds is 3. The second-order valence-corrected chi connectivity index (χ2v) is 5.83. The number of hydrogen-bond acceptors (Lipinski definition) is 4. The zero-order valence-electron chi connectivity index (χ0n) is 10.1. The molecule has 0 radical (unpaired) electrons. The molecule has 0 unspecified atom stereocenters. The minimum absolute atomic E-state index is 0.132. The molecule has 2 aromatic heterocycles. The summed E-state index contributed by atoms with van der Waals surface area (Å²) >= 11 is 13.5. The van der Waals surface area contributed by atoms with E-state index in [0.717, 1.165) is 0 Å². The van der Waals surface area contributed by atoms with Crippen molar-refractivity contribution in [1.29, 1.82) is 0 Å². The van der Waals surface area contributed by atoms with Gasteiger partial charge in [-0.2, -0.15) is 0 Å². The Morgan fingerprint density at radius 1 is 1.25 bits per heavy atom. The zero-order chi connectivity index (χ0) is 14.1. The number of fused-ring (bicyclic) bond motifs is 1. The van der Waals surface area contributed by atoms with Gasteiger partial charge in [0, 0.05) is 0 Å². The molecule has 0 atom stereocenters. The Bertz CT molecular complexity index is 808. The van der Waals surface area contributed by atoms with Crippen molar-refractivity contribution < 1.29 is 0 Å². The van der Waals surface area contributed by atoms with Crippen molar-refractivity contribution >= 4 is 50.4 Å². The van der Waals surface area contributed by atoms with Crippen LogP contribution in [0.15, 0.2) is 34.4 Å². The van der Waals surface area contributed by atoms with Gasteiger partial charge in [-0.05, 0) is 23.6 Å². The summed E-state index contributed by atoms with van der Waals surface area (Å²) in [5.74, 6) is 0.539. The SMILES string of the molecule is O=c1[nH]c(CNc2c(Cl)cccc2Cl)nc2ccsc12. The molecular formula is C13H9Cl2N3OS. The lowest BCUT2D eigenvalue weighted by atomic mass is 10.3. The molecule has 2 N–H and O–H groups in total. The lowest BCUT2D eigenvalue weighted by Gasteiger charge is -2.09. The summed E-state index contributed by atoms with van der Waals surface area (Å²) in [6.07, 6.45) is 0. The number of para-hydroxylation sites is 1. The van der Waals surface area contributed by atoms with E-state index in [1.54, 1.807) is 18.2 Å². The maximum Gasteiger partial charge on any atom is 0.268 e. The monoisotopic (exact) mass is 325 g/mol. The highest BCUT2D eigenvalue weighted by Gasteiger charge is 2.08. The standard InChI is InChI=1S/C13H9Cl2N3OS/c14-7-2-1-3-8(15)11(7)16-6-10-17-9-4-5-20-12(9)13(19)18-10/h1-5,16H,6H2,(H,17,18,19). The van der Waals surface area contributed by atoms with Gasteiger partial charge in [0.2, 0.25) is 0 Å². The van der Waals surface area contributed by atoms with E-state index in [9.17, 15) is 4.79 Å². The molecule has 0 fully saturated rings. The molecule has 0 bridgehead atoms. The molecular weight excluding hydrogens is 317 g/mol. The third kappa shape index (κ3) is 2.52. The van der Waals surface area contributed by atoms with Crippen LogP contribution >= 0.6 is 34.5 Å². The molecule has 1 aromatic carbocycles. The number of aromatic nitrogens is 2. The first kappa shape index (κ1) is 13.4.